The number of aldehydes is 1. The van der Waals surface area contributed by atoms with Crippen LogP contribution in [0.1, 0.15) is 16.8 Å². The van der Waals surface area contributed by atoms with Gasteiger partial charge in [-0.1, -0.05) is 0 Å². The number of carbonyl (C=O) groups is 1. The Labute approximate surface area is 140 Å². The average molecular weight is 318 g/mol. The molecule has 24 heavy (non-hydrogen) atoms. The van der Waals surface area contributed by atoms with Crippen LogP contribution < -0.4 is 9.80 Å². The van der Waals surface area contributed by atoms with Crippen molar-refractivity contribution in [3.63, 3.8) is 0 Å². The monoisotopic (exact) mass is 318 g/mol. The molecule has 1 aliphatic rings. The van der Waals surface area contributed by atoms with Gasteiger partial charge < -0.3 is 9.80 Å². The van der Waals surface area contributed by atoms with Gasteiger partial charge in [0.1, 0.15) is 5.82 Å². The number of rotatable bonds is 4. The number of hydrogen-bond donors (Lipinski definition) is 0. The number of benzene rings is 1. The van der Waals surface area contributed by atoms with Crippen molar-refractivity contribution in [2.24, 2.45) is 0 Å². The normalized spacial score (nSPS) is 13.6. The maximum atomic E-state index is 10.8. The highest BCUT2D eigenvalue weighted by molar-refractivity contribution is 5.95. The van der Waals surface area contributed by atoms with E-state index in [-0.39, 0.29) is 0 Å². The molecule has 1 fully saturated rings. The van der Waals surface area contributed by atoms with E-state index >= 15 is 0 Å². The summed E-state index contributed by atoms with van der Waals surface area (Å²) >= 11 is 0. The van der Waals surface area contributed by atoms with Crippen molar-refractivity contribution in [3.05, 3.63) is 54.4 Å². The Morgan fingerprint density at radius 3 is 2.67 bits per heavy atom. The molecule has 0 saturated carbocycles. The van der Waals surface area contributed by atoms with E-state index in [1.807, 2.05) is 30.3 Å². The van der Waals surface area contributed by atoms with E-state index in [0.29, 0.717) is 5.56 Å². The molecule has 1 aromatic carbocycles. The van der Waals surface area contributed by atoms with E-state index in [0.717, 1.165) is 41.8 Å². The molecule has 5 nitrogen and oxygen atoms in total. The van der Waals surface area contributed by atoms with Crippen LogP contribution in [0.15, 0.2) is 48.8 Å². The zero-order valence-corrected chi connectivity index (χ0v) is 13.5. The van der Waals surface area contributed by atoms with Crippen LogP contribution >= 0.6 is 0 Å². The third-order valence-corrected chi connectivity index (χ3v) is 4.54. The molecule has 0 atom stereocenters. The Bertz CT molecular complexity index is 888. The van der Waals surface area contributed by atoms with Crippen LogP contribution in [0.4, 0.5) is 17.2 Å². The maximum Gasteiger partial charge on any atom is 0.151 e. The maximum absolute atomic E-state index is 10.8. The average Bonchev–Trinajstić information content (AvgIpc) is 2.59. The minimum Gasteiger partial charge on any atom is -0.371 e. The van der Waals surface area contributed by atoms with Crippen LogP contribution in [0.3, 0.4) is 0 Å². The Hall–Kier alpha value is -2.95. The topological polar surface area (TPSA) is 49.3 Å². The van der Waals surface area contributed by atoms with Crippen LogP contribution in [-0.2, 0) is 0 Å². The van der Waals surface area contributed by atoms with Gasteiger partial charge in [0.25, 0.3) is 0 Å². The van der Waals surface area contributed by atoms with E-state index in [4.69, 9.17) is 0 Å². The van der Waals surface area contributed by atoms with E-state index in [1.165, 1.54) is 12.1 Å². The molecule has 3 heterocycles. The zero-order chi connectivity index (χ0) is 16.5. The molecule has 0 aliphatic carbocycles. The van der Waals surface area contributed by atoms with Gasteiger partial charge in [0.05, 0.1) is 11.2 Å². The summed E-state index contributed by atoms with van der Waals surface area (Å²) in [7, 11) is 1.98. The predicted molar refractivity (Wildman–Crippen MR) is 96.3 cm³/mol. The van der Waals surface area contributed by atoms with E-state index in [1.54, 1.807) is 12.3 Å². The van der Waals surface area contributed by atoms with Crippen LogP contribution in [0, 0.1) is 0 Å². The molecule has 0 unspecified atom stereocenters. The molecule has 4 rings (SSSR count). The second kappa shape index (κ2) is 5.92. The molecule has 0 spiro atoms. The quantitative estimate of drug-likeness (QED) is 0.690. The number of pyridine rings is 2. The molecule has 1 saturated heterocycles. The van der Waals surface area contributed by atoms with Gasteiger partial charge in [-0.3, -0.25) is 9.78 Å². The highest BCUT2D eigenvalue weighted by Gasteiger charge is 2.16. The van der Waals surface area contributed by atoms with Gasteiger partial charge in [0.15, 0.2) is 6.29 Å². The van der Waals surface area contributed by atoms with Gasteiger partial charge in [0.2, 0.25) is 0 Å². The van der Waals surface area contributed by atoms with Crippen LogP contribution in [-0.4, -0.2) is 36.4 Å². The standard InChI is InChI=1S/C19H18N4O/c1-22(19-6-3-14(13-24)12-21-19)18-7-8-20-17-5-4-15(11-16(17)18)23-9-2-10-23/h3-8,11-13H,2,9-10H2,1H3. The summed E-state index contributed by atoms with van der Waals surface area (Å²) in [5.41, 5.74) is 3.83. The van der Waals surface area contributed by atoms with Gasteiger partial charge in [0, 0.05) is 49.2 Å². The SMILES string of the molecule is CN(c1ccc(C=O)cn1)c1ccnc2ccc(N3CCC3)cc12. The lowest BCUT2D eigenvalue weighted by Gasteiger charge is -2.33. The summed E-state index contributed by atoms with van der Waals surface area (Å²) in [6.45, 7) is 2.23. The molecular weight excluding hydrogens is 300 g/mol. The molecule has 5 heteroatoms. The lowest BCUT2D eigenvalue weighted by Crippen LogP contribution is -2.36. The zero-order valence-electron chi connectivity index (χ0n) is 13.5. The van der Waals surface area contributed by atoms with Crippen molar-refractivity contribution in [2.45, 2.75) is 6.42 Å². The fourth-order valence-corrected chi connectivity index (χ4v) is 2.97. The lowest BCUT2D eigenvalue weighted by molar-refractivity contribution is 0.112. The number of fused-ring (bicyclic) bond motifs is 1. The second-order valence-corrected chi connectivity index (χ2v) is 6.00. The summed E-state index contributed by atoms with van der Waals surface area (Å²) < 4.78 is 0. The van der Waals surface area contributed by atoms with E-state index in [9.17, 15) is 4.79 Å². The molecule has 120 valence electrons. The summed E-state index contributed by atoms with van der Waals surface area (Å²) in [4.78, 5) is 24.1. The molecule has 3 aromatic rings. The molecular formula is C19H18N4O. The van der Waals surface area contributed by atoms with Crippen molar-refractivity contribution in [1.82, 2.24) is 9.97 Å². The molecule has 0 radical (unpaired) electrons. The van der Waals surface area contributed by atoms with E-state index in [2.05, 4.69) is 33.1 Å². The first-order valence-corrected chi connectivity index (χ1v) is 8.05. The summed E-state index contributed by atoms with van der Waals surface area (Å²) in [6, 6.07) is 12.0. The Morgan fingerprint density at radius 1 is 1.12 bits per heavy atom. The van der Waals surface area contributed by atoms with Crippen molar-refractivity contribution >= 4 is 34.4 Å². The molecule has 2 aromatic heterocycles. The second-order valence-electron chi connectivity index (χ2n) is 6.00. The van der Waals surface area contributed by atoms with Crippen molar-refractivity contribution in [3.8, 4) is 0 Å². The smallest absolute Gasteiger partial charge is 0.151 e. The first-order valence-electron chi connectivity index (χ1n) is 8.05. The predicted octanol–water partition coefficient (Wildman–Crippen LogP) is 3.42. The lowest BCUT2D eigenvalue weighted by atomic mass is 10.1. The number of anilines is 3. The highest BCUT2D eigenvalue weighted by Crippen LogP contribution is 2.32. The molecule has 0 amide bonds. The van der Waals surface area contributed by atoms with Crippen molar-refractivity contribution < 1.29 is 4.79 Å². The van der Waals surface area contributed by atoms with Gasteiger partial charge in [-0.25, -0.2) is 4.98 Å². The van der Waals surface area contributed by atoms with Gasteiger partial charge in [-0.2, -0.15) is 0 Å². The Morgan fingerprint density at radius 2 is 2.00 bits per heavy atom. The minimum absolute atomic E-state index is 0.576. The fourth-order valence-electron chi connectivity index (χ4n) is 2.97. The summed E-state index contributed by atoms with van der Waals surface area (Å²) in [5, 5.41) is 1.10. The first-order chi connectivity index (χ1) is 11.8. The van der Waals surface area contributed by atoms with Crippen LogP contribution in [0.25, 0.3) is 10.9 Å². The highest BCUT2D eigenvalue weighted by atomic mass is 16.1. The Balaban J connectivity index is 1.77. The fraction of sp³-hybridized carbons (Fsp3) is 0.211. The third-order valence-electron chi connectivity index (χ3n) is 4.54. The van der Waals surface area contributed by atoms with Gasteiger partial charge >= 0.3 is 0 Å². The van der Waals surface area contributed by atoms with Crippen molar-refractivity contribution in [2.75, 3.05) is 29.9 Å². The first kappa shape index (κ1) is 14.6. The van der Waals surface area contributed by atoms with Crippen LogP contribution in [0.5, 0.6) is 0 Å². The van der Waals surface area contributed by atoms with E-state index < -0.39 is 0 Å². The summed E-state index contributed by atoms with van der Waals surface area (Å²) in [6.07, 6.45) is 5.47. The largest absolute Gasteiger partial charge is 0.371 e. The third kappa shape index (κ3) is 2.48. The number of carbonyl (C=O) groups excluding carboxylic acids is 1. The van der Waals surface area contributed by atoms with Gasteiger partial charge in [-0.05, 0) is 42.8 Å². The Kier molecular flexibility index (Phi) is 3.61. The number of aromatic nitrogens is 2. The van der Waals surface area contributed by atoms with Crippen molar-refractivity contribution in [1.29, 1.82) is 0 Å². The molecule has 0 N–H and O–H groups in total. The van der Waals surface area contributed by atoms with Gasteiger partial charge in [-0.15, -0.1) is 0 Å². The number of hydrogen-bond acceptors (Lipinski definition) is 5. The molecule has 0 bridgehead atoms. The minimum atomic E-state index is 0.576. The summed E-state index contributed by atoms with van der Waals surface area (Å²) in [5.74, 6) is 0.794. The molecule has 1 aliphatic heterocycles. The van der Waals surface area contributed by atoms with Crippen LogP contribution in [0.2, 0.25) is 0 Å². The number of nitrogens with zero attached hydrogens (tertiary/aromatic N) is 4.